The summed E-state index contributed by atoms with van der Waals surface area (Å²) in [4.78, 5) is 19.1. The Morgan fingerprint density at radius 2 is 1.97 bits per heavy atom. The topological polar surface area (TPSA) is 93.6 Å². The highest BCUT2D eigenvalue weighted by atomic mass is 16.5. The second-order valence-corrected chi connectivity index (χ2v) is 7.65. The van der Waals surface area contributed by atoms with E-state index in [-0.39, 0.29) is 11.9 Å². The van der Waals surface area contributed by atoms with Gasteiger partial charge in [-0.15, -0.1) is 0 Å². The highest BCUT2D eigenvalue weighted by Crippen LogP contribution is 2.23. The van der Waals surface area contributed by atoms with Gasteiger partial charge in [0.1, 0.15) is 11.5 Å². The van der Waals surface area contributed by atoms with Crippen molar-refractivity contribution in [1.29, 1.82) is 0 Å². The van der Waals surface area contributed by atoms with Crippen LogP contribution in [-0.2, 0) is 16.0 Å². The Hall–Kier alpha value is -2.97. The number of aromatic nitrogens is 2. The Morgan fingerprint density at radius 3 is 2.71 bits per heavy atom. The lowest BCUT2D eigenvalue weighted by molar-refractivity contribution is -0.121. The zero-order valence-electron chi connectivity index (χ0n) is 17.8. The third-order valence-corrected chi connectivity index (χ3v) is 5.36. The van der Waals surface area contributed by atoms with Crippen molar-refractivity contribution in [3.05, 3.63) is 59.9 Å². The zero-order valence-corrected chi connectivity index (χ0v) is 17.8. The summed E-state index contributed by atoms with van der Waals surface area (Å²) in [5, 5.41) is 7.08. The molecule has 1 aromatic carbocycles. The fraction of sp³-hybridized carbons (Fsp3) is 0.435. The van der Waals surface area contributed by atoms with Crippen LogP contribution >= 0.6 is 0 Å². The monoisotopic (exact) mass is 424 g/mol. The van der Waals surface area contributed by atoms with Gasteiger partial charge in [0.05, 0.1) is 19.3 Å². The number of nitrogens with zero attached hydrogens (tertiary/aromatic N) is 3. The van der Waals surface area contributed by atoms with E-state index in [9.17, 15) is 4.79 Å². The van der Waals surface area contributed by atoms with Crippen molar-refractivity contribution in [2.75, 3.05) is 32.8 Å². The second-order valence-electron chi connectivity index (χ2n) is 7.65. The quantitative estimate of drug-likeness (QED) is 0.564. The van der Waals surface area contributed by atoms with E-state index in [2.05, 4.69) is 20.4 Å². The van der Waals surface area contributed by atoms with E-state index in [1.54, 1.807) is 0 Å². The molecule has 3 aromatic rings. The Balaban J connectivity index is 1.25. The average molecular weight is 425 g/mol. The third-order valence-electron chi connectivity index (χ3n) is 5.36. The number of nitrogens with one attached hydrogen (secondary N) is 1. The van der Waals surface area contributed by atoms with Gasteiger partial charge in [-0.2, -0.15) is 4.98 Å². The first-order chi connectivity index (χ1) is 15.2. The molecular formula is C23H28N4O4. The first-order valence-electron chi connectivity index (χ1n) is 10.7. The van der Waals surface area contributed by atoms with E-state index in [1.807, 2.05) is 49.4 Å². The molecule has 4 rings (SSSR count). The fourth-order valence-electron chi connectivity index (χ4n) is 3.69. The van der Waals surface area contributed by atoms with Gasteiger partial charge in [-0.25, -0.2) is 0 Å². The molecule has 31 heavy (non-hydrogen) atoms. The molecule has 0 saturated carbocycles. The van der Waals surface area contributed by atoms with Crippen LogP contribution in [0.5, 0.6) is 0 Å². The Kier molecular flexibility index (Phi) is 7.11. The van der Waals surface area contributed by atoms with Crippen molar-refractivity contribution in [2.24, 2.45) is 0 Å². The predicted molar refractivity (Wildman–Crippen MR) is 114 cm³/mol. The van der Waals surface area contributed by atoms with Crippen LogP contribution in [0, 0.1) is 6.92 Å². The van der Waals surface area contributed by atoms with Gasteiger partial charge < -0.3 is 19.0 Å². The number of morpholine rings is 1. The summed E-state index contributed by atoms with van der Waals surface area (Å²) in [6.45, 7) is 5.46. The van der Waals surface area contributed by atoms with E-state index in [1.165, 1.54) is 0 Å². The van der Waals surface area contributed by atoms with Crippen LogP contribution in [0.1, 0.15) is 36.3 Å². The van der Waals surface area contributed by atoms with Crippen molar-refractivity contribution in [1.82, 2.24) is 20.4 Å². The van der Waals surface area contributed by atoms with E-state index < -0.39 is 0 Å². The summed E-state index contributed by atoms with van der Waals surface area (Å²) in [5.41, 5.74) is 0.914. The lowest BCUT2D eigenvalue weighted by Gasteiger charge is -2.33. The number of benzene rings is 1. The molecule has 3 heterocycles. The summed E-state index contributed by atoms with van der Waals surface area (Å²) < 4.78 is 16.6. The largest absolute Gasteiger partial charge is 0.465 e. The van der Waals surface area contributed by atoms with Crippen LogP contribution < -0.4 is 5.32 Å². The molecule has 8 heteroatoms. The molecule has 0 aliphatic carbocycles. The van der Waals surface area contributed by atoms with E-state index in [0.29, 0.717) is 50.7 Å². The minimum Gasteiger partial charge on any atom is -0.465 e. The molecule has 1 atom stereocenters. The van der Waals surface area contributed by atoms with Crippen molar-refractivity contribution in [3.63, 3.8) is 0 Å². The summed E-state index contributed by atoms with van der Waals surface area (Å²) >= 11 is 0. The van der Waals surface area contributed by atoms with E-state index in [4.69, 9.17) is 13.7 Å². The van der Waals surface area contributed by atoms with Gasteiger partial charge in [0.15, 0.2) is 0 Å². The SMILES string of the molecule is Cc1ccc([C@@H](CNC(=O)CCCc2nc(-c3ccccc3)no2)N2CCOCC2)o1. The Morgan fingerprint density at radius 1 is 1.16 bits per heavy atom. The van der Waals surface area contributed by atoms with Crippen LogP contribution in [0.4, 0.5) is 0 Å². The summed E-state index contributed by atoms with van der Waals surface area (Å²) in [7, 11) is 0. The molecule has 0 spiro atoms. The molecule has 1 N–H and O–H groups in total. The Labute approximate surface area is 181 Å². The minimum absolute atomic E-state index is 0.00401. The van der Waals surface area contributed by atoms with Crippen molar-refractivity contribution in [2.45, 2.75) is 32.2 Å². The van der Waals surface area contributed by atoms with Gasteiger partial charge in [0, 0.05) is 38.0 Å². The van der Waals surface area contributed by atoms with Gasteiger partial charge in [-0.05, 0) is 25.5 Å². The molecule has 2 aromatic heterocycles. The van der Waals surface area contributed by atoms with Gasteiger partial charge in [-0.3, -0.25) is 9.69 Å². The average Bonchev–Trinajstić information content (AvgIpc) is 3.45. The second kappa shape index (κ2) is 10.4. The number of amides is 1. The summed E-state index contributed by atoms with van der Waals surface area (Å²) in [6, 6.07) is 13.6. The van der Waals surface area contributed by atoms with E-state index >= 15 is 0 Å². The first-order valence-corrected chi connectivity index (χ1v) is 10.7. The number of furan rings is 1. The maximum absolute atomic E-state index is 12.4. The molecule has 1 aliphatic rings. The number of carbonyl (C=O) groups is 1. The van der Waals surface area contributed by atoms with Crippen molar-refractivity contribution < 1.29 is 18.5 Å². The Bertz CT molecular complexity index is 963. The summed E-state index contributed by atoms with van der Waals surface area (Å²) in [5.74, 6) is 2.86. The number of ether oxygens (including phenoxy) is 1. The highest BCUT2D eigenvalue weighted by Gasteiger charge is 2.25. The fourth-order valence-corrected chi connectivity index (χ4v) is 3.69. The molecule has 8 nitrogen and oxygen atoms in total. The first kappa shape index (κ1) is 21.3. The molecule has 1 aliphatic heterocycles. The van der Waals surface area contributed by atoms with Crippen LogP contribution in [0.25, 0.3) is 11.4 Å². The lowest BCUT2D eigenvalue weighted by Crippen LogP contribution is -2.43. The summed E-state index contributed by atoms with van der Waals surface area (Å²) in [6.07, 6.45) is 1.61. The molecule has 1 saturated heterocycles. The standard InChI is InChI=1S/C23H28N4O4/c1-17-10-11-20(30-17)19(27-12-14-29-15-13-27)16-24-21(28)8-5-9-22-25-23(26-31-22)18-6-3-2-4-7-18/h2-4,6-7,10-11,19H,5,8-9,12-16H2,1H3,(H,24,28)/t19-/m1/s1. The van der Waals surface area contributed by atoms with Gasteiger partial charge >= 0.3 is 0 Å². The maximum Gasteiger partial charge on any atom is 0.226 e. The molecule has 164 valence electrons. The number of rotatable bonds is 9. The van der Waals surface area contributed by atoms with Crippen LogP contribution in [0.2, 0.25) is 0 Å². The normalized spacial score (nSPS) is 15.6. The van der Waals surface area contributed by atoms with Crippen molar-refractivity contribution >= 4 is 5.91 Å². The van der Waals surface area contributed by atoms with Gasteiger partial charge in [0.2, 0.25) is 17.6 Å². The zero-order chi connectivity index (χ0) is 21.5. The van der Waals surface area contributed by atoms with Crippen LogP contribution in [0.15, 0.2) is 51.4 Å². The predicted octanol–water partition coefficient (Wildman–Crippen LogP) is 3.15. The van der Waals surface area contributed by atoms with Gasteiger partial charge in [-0.1, -0.05) is 35.5 Å². The smallest absolute Gasteiger partial charge is 0.226 e. The highest BCUT2D eigenvalue weighted by molar-refractivity contribution is 5.75. The molecule has 1 amide bonds. The van der Waals surface area contributed by atoms with E-state index in [0.717, 1.165) is 30.2 Å². The molecule has 0 bridgehead atoms. The molecular weight excluding hydrogens is 396 g/mol. The number of aryl methyl sites for hydroxylation is 2. The van der Waals surface area contributed by atoms with Crippen LogP contribution in [-0.4, -0.2) is 53.8 Å². The molecule has 0 unspecified atom stereocenters. The third kappa shape index (κ3) is 5.80. The van der Waals surface area contributed by atoms with Crippen molar-refractivity contribution in [3.8, 4) is 11.4 Å². The minimum atomic E-state index is 0.00401. The lowest BCUT2D eigenvalue weighted by atomic mass is 10.1. The van der Waals surface area contributed by atoms with Gasteiger partial charge in [0.25, 0.3) is 0 Å². The molecule has 0 radical (unpaired) electrons. The molecule has 1 fully saturated rings. The number of hydrogen-bond donors (Lipinski definition) is 1. The van der Waals surface area contributed by atoms with Crippen LogP contribution in [0.3, 0.4) is 0 Å². The number of carbonyl (C=O) groups excluding carboxylic acids is 1. The number of hydrogen-bond acceptors (Lipinski definition) is 7. The maximum atomic E-state index is 12.4.